The van der Waals surface area contributed by atoms with Gasteiger partial charge in [-0.25, -0.2) is 4.90 Å². The molecule has 1 amide bonds. The highest BCUT2D eigenvalue weighted by molar-refractivity contribution is 7.80. The van der Waals surface area contributed by atoms with Gasteiger partial charge in [0.2, 0.25) is 12.3 Å². The number of anilines is 1. The monoisotopic (exact) mass is 241 g/mol. The largest absolute Gasteiger partial charge is 0.496 e. The Morgan fingerprint density at radius 1 is 1.50 bits per heavy atom. The quantitative estimate of drug-likeness (QED) is 0.603. The van der Waals surface area contributed by atoms with Crippen molar-refractivity contribution in [2.45, 2.75) is 0 Å². The van der Waals surface area contributed by atoms with Gasteiger partial charge in [-0.3, -0.25) is 4.79 Å². The second kappa shape index (κ2) is 5.26. The molecule has 7 heteroatoms. The maximum absolute atomic E-state index is 10.8. The number of nitrogens with zero attached hydrogens (tertiary/aromatic N) is 2. The molecule has 0 bridgehead atoms. The van der Waals surface area contributed by atoms with Crippen LogP contribution in [0.25, 0.3) is 0 Å². The van der Waals surface area contributed by atoms with Crippen molar-refractivity contribution >= 4 is 29.6 Å². The fourth-order valence-corrected chi connectivity index (χ4v) is 1.17. The molecule has 1 aromatic rings. The summed E-state index contributed by atoms with van der Waals surface area (Å²) in [6.45, 7) is 0. The van der Waals surface area contributed by atoms with Crippen LogP contribution in [0.1, 0.15) is 0 Å². The minimum Gasteiger partial charge on any atom is -0.496 e. The van der Waals surface area contributed by atoms with E-state index in [0.717, 1.165) is 4.90 Å². The van der Waals surface area contributed by atoms with Crippen LogP contribution in [0.4, 0.5) is 5.82 Å². The summed E-state index contributed by atoms with van der Waals surface area (Å²) in [5.41, 5.74) is 5.37. The third-order valence-corrected chi connectivity index (χ3v) is 1.99. The summed E-state index contributed by atoms with van der Waals surface area (Å²) in [6.07, 6.45) is 0.476. The van der Waals surface area contributed by atoms with Crippen molar-refractivity contribution in [1.82, 2.24) is 4.98 Å². The molecule has 16 heavy (non-hydrogen) atoms. The SMILES string of the molecule is COc1cc(OC)nc(N(C=O)C(N)=S)c1. The third-order valence-electron chi connectivity index (χ3n) is 1.80. The van der Waals surface area contributed by atoms with Gasteiger partial charge in [-0.2, -0.15) is 4.98 Å². The molecule has 0 aromatic carbocycles. The van der Waals surface area contributed by atoms with E-state index in [0.29, 0.717) is 18.0 Å². The van der Waals surface area contributed by atoms with E-state index in [4.69, 9.17) is 27.4 Å². The highest BCUT2D eigenvalue weighted by atomic mass is 32.1. The van der Waals surface area contributed by atoms with E-state index in [-0.39, 0.29) is 10.9 Å². The van der Waals surface area contributed by atoms with Crippen LogP contribution in [-0.4, -0.2) is 30.7 Å². The molecule has 0 spiro atoms. The Kier molecular flexibility index (Phi) is 4.01. The molecule has 1 rings (SSSR count). The lowest BCUT2D eigenvalue weighted by molar-refractivity contribution is -0.106. The van der Waals surface area contributed by atoms with Gasteiger partial charge in [0.05, 0.1) is 14.2 Å². The Labute approximate surface area is 98.0 Å². The predicted octanol–water partition coefficient (Wildman–Crippen LogP) is 0.305. The average Bonchev–Trinajstić information content (AvgIpc) is 2.29. The number of carbonyl (C=O) groups is 1. The number of aromatic nitrogens is 1. The van der Waals surface area contributed by atoms with E-state index in [9.17, 15) is 4.79 Å². The number of pyridine rings is 1. The van der Waals surface area contributed by atoms with Gasteiger partial charge in [-0.1, -0.05) is 0 Å². The zero-order valence-electron chi connectivity index (χ0n) is 8.84. The minimum atomic E-state index is -0.0993. The molecule has 0 aliphatic rings. The van der Waals surface area contributed by atoms with Crippen molar-refractivity contribution in [2.75, 3.05) is 19.1 Å². The van der Waals surface area contributed by atoms with Crippen molar-refractivity contribution in [3.63, 3.8) is 0 Å². The first-order chi connectivity index (χ1) is 7.62. The Morgan fingerprint density at radius 3 is 2.62 bits per heavy atom. The minimum absolute atomic E-state index is 0.0993. The Bertz CT molecular complexity index is 389. The summed E-state index contributed by atoms with van der Waals surface area (Å²) in [6, 6.07) is 3.10. The molecule has 1 heterocycles. The number of amides is 1. The number of rotatable bonds is 4. The smallest absolute Gasteiger partial charge is 0.221 e. The molecule has 0 aliphatic heterocycles. The topological polar surface area (TPSA) is 77.7 Å². The van der Waals surface area contributed by atoms with Gasteiger partial charge in [-0.05, 0) is 12.2 Å². The first-order valence-corrected chi connectivity index (χ1v) is 4.67. The van der Waals surface area contributed by atoms with Crippen LogP contribution in [0, 0.1) is 0 Å². The maximum Gasteiger partial charge on any atom is 0.221 e. The molecule has 2 N–H and O–H groups in total. The first-order valence-electron chi connectivity index (χ1n) is 4.26. The molecule has 0 aliphatic carbocycles. The van der Waals surface area contributed by atoms with E-state index < -0.39 is 0 Å². The second-order valence-corrected chi connectivity index (χ2v) is 3.14. The molecular formula is C9H11N3O3S. The summed E-state index contributed by atoms with van der Waals surface area (Å²) in [4.78, 5) is 15.8. The van der Waals surface area contributed by atoms with Crippen LogP contribution in [0.5, 0.6) is 11.6 Å². The first kappa shape index (κ1) is 12.2. The van der Waals surface area contributed by atoms with Crippen LogP contribution in [-0.2, 0) is 4.79 Å². The molecule has 1 aromatic heterocycles. The standard InChI is InChI=1S/C9H11N3O3S/c1-14-6-3-7(11-8(4-6)15-2)12(5-13)9(10)16/h3-5H,1-2H3,(H2,10,16). The normalized spacial score (nSPS) is 9.38. The summed E-state index contributed by atoms with van der Waals surface area (Å²) >= 11 is 4.71. The van der Waals surface area contributed by atoms with E-state index in [1.54, 1.807) is 6.07 Å². The maximum atomic E-state index is 10.8. The molecule has 0 unspecified atom stereocenters. The van der Waals surface area contributed by atoms with Crippen LogP contribution >= 0.6 is 12.2 Å². The highest BCUT2D eigenvalue weighted by Crippen LogP contribution is 2.23. The number of nitrogens with two attached hydrogens (primary N) is 1. The van der Waals surface area contributed by atoms with Gasteiger partial charge in [0, 0.05) is 12.1 Å². The number of thiocarbonyl (C=S) groups is 1. The summed E-state index contributed by atoms with van der Waals surface area (Å²) in [5, 5.41) is -0.0993. The summed E-state index contributed by atoms with van der Waals surface area (Å²) in [5.74, 6) is 1.04. The van der Waals surface area contributed by atoms with E-state index >= 15 is 0 Å². The molecule has 0 fully saturated rings. The number of methoxy groups -OCH3 is 2. The number of hydrogen-bond acceptors (Lipinski definition) is 5. The van der Waals surface area contributed by atoms with Gasteiger partial charge in [-0.15, -0.1) is 0 Å². The molecule has 6 nitrogen and oxygen atoms in total. The van der Waals surface area contributed by atoms with Crippen LogP contribution in [0.15, 0.2) is 12.1 Å². The zero-order chi connectivity index (χ0) is 12.1. The Hall–Kier alpha value is -1.89. The van der Waals surface area contributed by atoms with E-state index in [2.05, 4.69) is 4.98 Å². The Morgan fingerprint density at radius 2 is 2.19 bits per heavy atom. The second-order valence-electron chi connectivity index (χ2n) is 2.72. The van der Waals surface area contributed by atoms with Crippen LogP contribution in [0.3, 0.4) is 0 Å². The fourth-order valence-electron chi connectivity index (χ4n) is 1.03. The lowest BCUT2D eigenvalue weighted by Gasteiger charge is -2.15. The molecule has 0 radical (unpaired) electrons. The summed E-state index contributed by atoms with van der Waals surface area (Å²) in [7, 11) is 2.95. The van der Waals surface area contributed by atoms with Gasteiger partial charge in [0.15, 0.2) is 5.11 Å². The van der Waals surface area contributed by atoms with Crippen molar-refractivity contribution < 1.29 is 14.3 Å². The third kappa shape index (κ3) is 2.57. The lowest BCUT2D eigenvalue weighted by atomic mass is 10.4. The van der Waals surface area contributed by atoms with Crippen molar-refractivity contribution in [3.05, 3.63) is 12.1 Å². The van der Waals surface area contributed by atoms with Gasteiger partial charge in [0.1, 0.15) is 11.6 Å². The predicted molar refractivity (Wildman–Crippen MR) is 62.7 cm³/mol. The highest BCUT2D eigenvalue weighted by Gasteiger charge is 2.12. The van der Waals surface area contributed by atoms with Crippen molar-refractivity contribution in [1.29, 1.82) is 0 Å². The van der Waals surface area contributed by atoms with Gasteiger partial charge >= 0.3 is 0 Å². The molecule has 0 atom stereocenters. The number of carbonyl (C=O) groups excluding carboxylic acids is 1. The molecule has 86 valence electrons. The van der Waals surface area contributed by atoms with Crippen molar-refractivity contribution in [3.8, 4) is 11.6 Å². The molecular weight excluding hydrogens is 230 g/mol. The van der Waals surface area contributed by atoms with Crippen LogP contribution < -0.4 is 20.1 Å². The van der Waals surface area contributed by atoms with Crippen molar-refractivity contribution in [2.24, 2.45) is 5.73 Å². The van der Waals surface area contributed by atoms with E-state index in [1.807, 2.05) is 0 Å². The zero-order valence-corrected chi connectivity index (χ0v) is 9.65. The fraction of sp³-hybridized carbons (Fsp3) is 0.222. The molecule has 0 saturated heterocycles. The Balaban J connectivity index is 3.20. The van der Waals surface area contributed by atoms with E-state index in [1.165, 1.54) is 20.3 Å². The average molecular weight is 241 g/mol. The summed E-state index contributed by atoms with van der Waals surface area (Å²) < 4.78 is 9.98. The lowest BCUT2D eigenvalue weighted by Crippen LogP contribution is -2.34. The van der Waals surface area contributed by atoms with Gasteiger partial charge in [0.25, 0.3) is 0 Å². The van der Waals surface area contributed by atoms with Gasteiger partial charge < -0.3 is 15.2 Å². The number of hydrogen-bond donors (Lipinski definition) is 1. The van der Waals surface area contributed by atoms with Crippen LogP contribution in [0.2, 0.25) is 0 Å². The number of ether oxygens (including phenoxy) is 2. The molecule has 0 saturated carbocycles.